The van der Waals surface area contributed by atoms with Gasteiger partial charge in [0.2, 0.25) is 15.9 Å². The molecule has 1 heterocycles. The quantitative estimate of drug-likeness (QED) is 0.815. The Morgan fingerprint density at radius 3 is 2.78 bits per heavy atom. The lowest BCUT2D eigenvalue weighted by molar-refractivity contribution is -0.121. The summed E-state index contributed by atoms with van der Waals surface area (Å²) in [4.78, 5) is 16.2. The number of carbonyl (C=O) groups excluding carboxylic acids is 1. The van der Waals surface area contributed by atoms with Gasteiger partial charge >= 0.3 is 0 Å². The Morgan fingerprint density at radius 2 is 2.13 bits per heavy atom. The van der Waals surface area contributed by atoms with Crippen LogP contribution >= 0.6 is 0 Å². The van der Waals surface area contributed by atoms with Gasteiger partial charge in [0, 0.05) is 20.0 Å². The monoisotopic (exact) mass is 339 g/mol. The van der Waals surface area contributed by atoms with Crippen LogP contribution in [0.15, 0.2) is 22.6 Å². The fourth-order valence-electron chi connectivity index (χ4n) is 2.12. The molecule has 23 heavy (non-hydrogen) atoms. The van der Waals surface area contributed by atoms with Crippen LogP contribution in [0.25, 0.3) is 11.1 Å². The van der Waals surface area contributed by atoms with Crippen molar-refractivity contribution in [2.75, 3.05) is 25.9 Å². The van der Waals surface area contributed by atoms with Crippen LogP contribution in [0.1, 0.15) is 18.4 Å². The standard InChI is InChI=1S/C15H21N3O4S/c1-4-23(20,21)18(3)10-13(19)16-9-8-14-17-15-11(2)6-5-7-12(15)22-14/h5-7H,4,8-10H2,1-3H3,(H,16,19). The van der Waals surface area contributed by atoms with Crippen molar-refractivity contribution in [2.24, 2.45) is 0 Å². The van der Waals surface area contributed by atoms with E-state index in [1.54, 1.807) is 6.92 Å². The number of aryl methyl sites for hydroxylation is 1. The number of hydrogen-bond donors (Lipinski definition) is 1. The summed E-state index contributed by atoms with van der Waals surface area (Å²) >= 11 is 0. The molecule has 0 aliphatic heterocycles. The highest BCUT2D eigenvalue weighted by molar-refractivity contribution is 7.89. The highest BCUT2D eigenvalue weighted by Gasteiger charge is 2.18. The van der Waals surface area contributed by atoms with Gasteiger partial charge in [0.25, 0.3) is 0 Å². The van der Waals surface area contributed by atoms with E-state index in [2.05, 4.69) is 10.3 Å². The maximum Gasteiger partial charge on any atom is 0.235 e. The minimum Gasteiger partial charge on any atom is -0.441 e. The Hall–Kier alpha value is -1.93. The van der Waals surface area contributed by atoms with Crippen LogP contribution in [-0.2, 0) is 21.2 Å². The summed E-state index contributed by atoms with van der Waals surface area (Å²) in [7, 11) is -1.96. The minimum absolute atomic E-state index is 0.0287. The zero-order chi connectivity index (χ0) is 17.0. The van der Waals surface area contributed by atoms with E-state index in [0.29, 0.717) is 18.9 Å². The summed E-state index contributed by atoms with van der Waals surface area (Å²) in [5.74, 6) is 0.167. The van der Waals surface area contributed by atoms with Gasteiger partial charge < -0.3 is 9.73 Å². The third-order valence-corrected chi connectivity index (χ3v) is 5.34. The zero-order valence-corrected chi connectivity index (χ0v) is 14.3. The van der Waals surface area contributed by atoms with Gasteiger partial charge in [0.1, 0.15) is 5.52 Å². The number of carbonyl (C=O) groups is 1. The van der Waals surface area contributed by atoms with Crippen molar-refractivity contribution >= 4 is 27.0 Å². The van der Waals surface area contributed by atoms with Crippen LogP contribution < -0.4 is 5.32 Å². The first-order valence-corrected chi connectivity index (χ1v) is 9.00. The fraction of sp³-hybridized carbons (Fsp3) is 0.467. The van der Waals surface area contributed by atoms with Gasteiger partial charge in [-0.2, -0.15) is 4.31 Å². The molecule has 0 spiro atoms. The van der Waals surface area contributed by atoms with Crippen molar-refractivity contribution in [2.45, 2.75) is 20.3 Å². The van der Waals surface area contributed by atoms with E-state index in [0.717, 1.165) is 21.0 Å². The number of hydrogen-bond acceptors (Lipinski definition) is 5. The number of sulfonamides is 1. The summed E-state index contributed by atoms with van der Waals surface area (Å²) in [6, 6.07) is 5.71. The van der Waals surface area contributed by atoms with Crippen LogP contribution in [0.4, 0.5) is 0 Å². The van der Waals surface area contributed by atoms with Crippen LogP contribution in [0.2, 0.25) is 0 Å². The van der Waals surface area contributed by atoms with Crippen molar-refractivity contribution in [3.8, 4) is 0 Å². The fourth-order valence-corrected chi connectivity index (χ4v) is 2.88. The lowest BCUT2D eigenvalue weighted by atomic mass is 10.2. The molecule has 1 aromatic heterocycles. The predicted octanol–water partition coefficient (Wildman–Crippen LogP) is 1.08. The van der Waals surface area contributed by atoms with Crippen LogP contribution in [-0.4, -0.2) is 49.5 Å². The Kier molecular flexibility index (Phi) is 5.38. The molecule has 0 fully saturated rings. The number of nitrogens with zero attached hydrogens (tertiary/aromatic N) is 2. The normalized spacial score (nSPS) is 12.0. The molecule has 1 aromatic carbocycles. The highest BCUT2D eigenvalue weighted by atomic mass is 32.2. The summed E-state index contributed by atoms with van der Waals surface area (Å²) in [5.41, 5.74) is 2.58. The smallest absolute Gasteiger partial charge is 0.235 e. The molecule has 0 saturated heterocycles. The van der Waals surface area contributed by atoms with E-state index in [-0.39, 0.29) is 18.2 Å². The topological polar surface area (TPSA) is 92.5 Å². The van der Waals surface area contributed by atoms with E-state index in [1.807, 2.05) is 25.1 Å². The second-order valence-electron chi connectivity index (χ2n) is 5.29. The number of nitrogens with one attached hydrogen (secondary N) is 1. The molecule has 8 heteroatoms. The average Bonchev–Trinajstić information content (AvgIpc) is 2.91. The van der Waals surface area contributed by atoms with E-state index in [1.165, 1.54) is 7.05 Å². The van der Waals surface area contributed by atoms with E-state index in [9.17, 15) is 13.2 Å². The van der Waals surface area contributed by atoms with E-state index >= 15 is 0 Å². The Morgan fingerprint density at radius 1 is 1.39 bits per heavy atom. The van der Waals surface area contributed by atoms with E-state index in [4.69, 9.17) is 4.42 Å². The Balaban J connectivity index is 1.86. The summed E-state index contributed by atoms with van der Waals surface area (Å²) in [6.45, 7) is 3.65. The number of benzene rings is 1. The molecule has 0 atom stereocenters. The Labute approximate surface area is 135 Å². The number of aromatic nitrogens is 1. The predicted molar refractivity (Wildman–Crippen MR) is 87.6 cm³/mol. The molecule has 0 bridgehead atoms. The number of likely N-dealkylation sites (N-methyl/N-ethyl adjacent to an activating group) is 1. The van der Waals surface area contributed by atoms with Gasteiger partial charge in [-0.15, -0.1) is 0 Å². The van der Waals surface area contributed by atoms with Gasteiger partial charge in [-0.25, -0.2) is 13.4 Å². The molecule has 0 saturated carbocycles. The SMILES string of the molecule is CCS(=O)(=O)N(C)CC(=O)NCCc1nc2c(C)cccc2o1. The third kappa shape index (κ3) is 4.29. The number of amides is 1. The molecule has 0 aliphatic rings. The molecule has 0 radical (unpaired) electrons. The van der Waals surface area contributed by atoms with Crippen LogP contribution in [0.3, 0.4) is 0 Å². The molecule has 0 unspecified atom stereocenters. The number of fused-ring (bicyclic) bond motifs is 1. The van der Waals surface area contributed by atoms with Crippen molar-refractivity contribution in [3.63, 3.8) is 0 Å². The number of para-hydroxylation sites is 1. The second-order valence-corrected chi connectivity index (χ2v) is 7.65. The first kappa shape index (κ1) is 17.4. The largest absolute Gasteiger partial charge is 0.441 e. The molecule has 1 N–H and O–H groups in total. The summed E-state index contributed by atoms with van der Waals surface area (Å²) in [5, 5.41) is 2.67. The molecule has 7 nitrogen and oxygen atoms in total. The van der Waals surface area contributed by atoms with Gasteiger partial charge in [-0.1, -0.05) is 12.1 Å². The number of oxazole rings is 1. The van der Waals surface area contributed by atoms with Gasteiger partial charge in [0.15, 0.2) is 11.5 Å². The van der Waals surface area contributed by atoms with Gasteiger partial charge in [-0.3, -0.25) is 4.79 Å². The molecular weight excluding hydrogens is 318 g/mol. The van der Waals surface area contributed by atoms with Gasteiger partial charge in [-0.05, 0) is 25.5 Å². The average molecular weight is 339 g/mol. The van der Waals surface area contributed by atoms with Crippen molar-refractivity contribution < 1.29 is 17.6 Å². The Bertz CT molecular complexity index is 798. The first-order chi connectivity index (χ1) is 10.8. The van der Waals surface area contributed by atoms with Crippen molar-refractivity contribution in [1.82, 2.24) is 14.6 Å². The lowest BCUT2D eigenvalue weighted by Gasteiger charge is -2.15. The maximum absolute atomic E-state index is 11.8. The van der Waals surface area contributed by atoms with Crippen LogP contribution in [0, 0.1) is 6.92 Å². The highest BCUT2D eigenvalue weighted by Crippen LogP contribution is 2.18. The van der Waals surface area contributed by atoms with Crippen molar-refractivity contribution in [1.29, 1.82) is 0 Å². The van der Waals surface area contributed by atoms with Crippen LogP contribution in [0.5, 0.6) is 0 Å². The molecule has 2 rings (SSSR count). The molecule has 126 valence electrons. The van der Waals surface area contributed by atoms with Crippen molar-refractivity contribution in [3.05, 3.63) is 29.7 Å². The van der Waals surface area contributed by atoms with E-state index < -0.39 is 10.0 Å². The minimum atomic E-state index is -3.35. The van der Waals surface area contributed by atoms with Gasteiger partial charge in [0.05, 0.1) is 12.3 Å². The molecule has 0 aliphatic carbocycles. The summed E-state index contributed by atoms with van der Waals surface area (Å²) in [6.07, 6.45) is 0.449. The number of rotatable bonds is 7. The second kappa shape index (κ2) is 7.10. The molecule has 2 aromatic rings. The first-order valence-electron chi connectivity index (χ1n) is 7.39. The lowest BCUT2D eigenvalue weighted by Crippen LogP contribution is -2.39. The zero-order valence-electron chi connectivity index (χ0n) is 13.5. The summed E-state index contributed by atoms with van der Waals surface area (Å²) < 4.78 is 29.8. The third-order valence-electron chi connectivity index (χ3n) is 3.53. The molecular formula is C15H21N3O4S. The maximum atomic E-state index is 11.8. The molecule has 1 amide bonds.